The first-order chi connectivity index (χ1) is 14.2. The maximum atomic E-state index is 12.7. The molecular weight excluding hydrogens is 424 g/mol. The molecule has 1 atom stereocenters. The molecule has 1 aromatic carbocycles. The van der Waals surface area contributed by atoms with Gasteiger partial charge in [-0.2, -0.15) is 5.10 Å². The number of aryl methyl sites for hydroxylation is 1. The minimum Gasteiger partial charge on any atom is -0.365 e. The summed E-state index contributed by atoms with van der Waals surface area (Å²) in [6.45, 7) is 6.78. The first kappa shape index (κ1) is 21.2. The molecule has 0 N–H and O–H groups in total. The van der Waals surface area contributed by atoms with E-state index in [9.17, 15) is 13.2 Å². The van der Waals surface area contributed by atoms with Gasteiger partial charge in [0.2, 0.25) is 5.91 Å². The van der Waals surface area contributed by atoms with Crippen LogP contribution >= 0.6 is 11.6 Å². The summed E-state index contributed by atoms with van der Waals surface area (Å²) in [4.78, 5) is 16.8. The van der Waals surface area contributed by atoms with Crippen LogP contribution in [0.15, 0.2) is 24.3 Å². The van der Waals surface area contributed by atoms with Gasteiger partial charge in [0, 0.05) is 31.2 Å². The van der Waals surface area contributed by atoms with Crippen molar-refractivity contribution in [1.82, 2.24) is 14.7 Å². The van der Waals surface area contributed by atoms with Crippen LogP contribution in [0.5, 0.6) is 0 Å². The molecule has 0 aliphatic carbocycles. The van der Waals surface area contributed by atoms with Crippen LogP contribution < -0.4 is 4.90 Å². The Hall–Kier alpha value is -2.06. The first-order valence-corrected chi connectivity index (χ1v) is 12.5. The molecule has 30 heavy (non-hydrogen) atoms. The summed E-state index contributed by atoms with van der Waals surface area (Å²) in [6, 6.07) is 7.31. The van der Waals surface area contributed by atoms with E-state index in [2.05, 4.69) is 10.00 Å². The number of piperazine rings is 1. The van der Waals surface area contributed by atoms with Crippen LogP contribution in [-0.4, -0.2) is 66.7 Å². The third-order valence-electron chi connectivity index (χ3n) is 6.06. The molecule has 7 nitrogen and oxygen atoms in total. The van der Waals surface area contributed by atoms with E-state index in [4.69, 9.17) is 11.6 Å². The number of carbonyl (C=O) groups excluding carboxylic acids is 1. The van der Waals surface area contributed by atoms with Crippen molar-refractivity contribution in [1.29, 1.82) is 0 Å². The molecule has 2 saturated heterocycles. The Morgan fingerprint density at radius 1 is 1.13 bits per heavy atom. The third-order valence-corrected chi connectivity index (χ3v) is 8.06. The van der Waals surface area contributed by atoms with Crippen molar-refractivity contribution in [2.75, 3.05) is 42.6 Å². The number of hydrogen-bond donors (Lipinski definition) is 0. The highest BCUT2D eigenvalue weighted by Gasteiger charge is 2.33. The number of hydrogen-bond acceptors (Lipinski definition) is 5. The summed E-state index contributed by atoms with van der Waals surface area (Å²) < 4.78 is 25.6. The van der Waals surface area contributed by atoms with Crippen LogP contribution in [0.3, 0.4) is 0 Å². The van der Waals surface area contributed by atoms with Gasteiger partial charge in [0.05, 0.1) is 41.0 Å². The molecule has 2 fully saturated rings. The van der Waals surface area contributed by atoms with Crippen molar-refractivity contribution in [2.24, 2.45) is 0 Å². The van der Waals surface area contributed by atoms with E-state index in [1.807, 2.05) is 35.6 Å². The number of benzene rings is 1. The molecule has 1 unspecified atom stereocenters. The zero-order valence-corrected chi connectivity index (χ0v) is 18.9. The largest absolute Gasteiger partial charge is 0.365 e. The standard InChI is InChI=1S/C21H27ClN4O3S/c1-15-21(16(2)26(23-15)19-7-12-30(28,29)14-19)25-10-8-24(9-11-25)20(27)13-17-3-5-18(22)6-4-17/h3-6,19H,7-14H2,1-2H3. The summed E-state index contributed by atoms with van der Waals surface area (Å²) in [6.07, 6.45) is 1.00. The number of carbonyl (C=O) groups is 1. The molecule has 0 saturated carbocycles. The molecular formula is C21H27ClN4O3S. The maximum absolute atomic E-state index is 12.7. The van der Waals surface area contributed by atoms with Crippen LogP contribution in [0.4, 0.5) is 5.69 Å². The topological polar surface area (TPSA) is 75.5 Å². The SMILES string of the molecule is Cc1nn(C2CCS(=O)(=O)C2)c(C)c1N1CCN(C(=O)Cc2ccc(Cl)cc2)CC1. The highest BCUT2D eigenvalue weighted by Crippen LogP contribution is 2.31. The second-order valence-electron chi connectivity index (χ2n) is 8.19. The number of amides is 1. The molecule has 9 heteroatoms. The lowest BCUT2D eigenvalue weighted by molar-refractivity contribution is -0.130. The highest BCUT2D eigenvalue weighted by molar-refractivity contribution is 7.91. The van der Waals surface area contributed by atoms with Gasteiger partial charge in [-0.25, -0.2) is 8.42 Å². The zero-order chi connectivity index (χ0) is 21.5. The predicted molar refractivity (Wildman–Crippen MR) is 118 cm³/mol. The molecule has 0 spiro atoms. The Labute approximate surface area is 182 Å². The van der Waals surface area contributed by atoms with E-state index in [-0.39, 0.29) is 23.5 Å². The molecule has 2 aliphatic heterocycles. The quantitative estimate of drug-likeness (QED) is 0.715. The van der Waals surface area contributed by atoms with E-state index in [1.165, 1.54) is 0 Å². The van der Waals surface area contributed by atoms with Crippen molar-refractivity contribution in [2.45, 2.75) is 32.7 Å². The van der Waals surface area contributed by atoms with Gasteiger partial charge >= 0.3 is 0 Å². The number of nitrogens with zero attached hydrogens (tertiary/aromatic N) is 4. The second kappa shape index (κ2) is 8.23. The first-order valence-electron chi connectivity index (χ1n) is 10.3. The second-order valence-corrected chi connectivity index (χ2v) is 10.9. The van der Waals surface area contributed by atoms with Gasteiger partial charge in [-0.15, -0.1) is 0 Å². The van der Waals surface area contributed by atoms with Crippen LogP contribution in [0.25, 0.3) is 0 Å². The fourth-order valence-corrected chi connectivity index (χ4v) is 6.32. The number of rotatable bonds is 4. The molecule has 162 valence electrons. The number of sulfone groups is 1. The Morgan fingerprint density at radius 2 is 1.80 bits per heavy atom. The Kier molecular flexibility index (Phi) is 5.81. The highest BCUT2D eigenvalue weighted by atomic mass is 35.5. The Bertz CT molecular complexity index is 1040. The van der Waals surface area contributed by atoms with E-state index >= 15 is 0 Å². The van der Waals surface area contributed by atoms with Crippen LogP contribution in [0.2, 0.25) is 5.02 Å². The smallest absolute Gasteiger partial charge is 0.227 e. The van der Waals surface area contributed by atoms with Crippen molar-refractivity contribution in [3.63, 3.8) is 0 Å². The Morgan fingerprint density at radius 3 is 2.40 bits per heavy atom. The normalized spacial score (nSPS) is 21.2. The monoisotopic (exact) mass is 450 g/mol. The molecule has 3 heterocycles. The van der Waals surface area contributed by atoms with E-state index < -0.39 is 9.84 Å². The van der Waals surface area contributed by atoms with E-state index in [0.29, 0.717) is 31.0 Å². The predicted octanol–water partition coefficient (Wildman–Crippen LogP) is 2.40. The molecule has 1 amide bonds. The van der Waals surface area contributed by atoms with Gasteiger partial charge in [-0.1, -0.05) is 23.7 Å². The molecule has 4 rings (SSSR count). The zero-order valence-electron chi connectivity index (χ0n) is 17.3. The minimum atomic E-state index is -2.96. The fourth-order valence-electron chi connectivity index (χ4n) is 4.50. The molecule has 0 radical (unpaired) electrons. The van der Waals surface area contributed by atoms with Crippen molar-refractivity contribution in [3.8, 4) is 0 Å². The minimum absolute atomic E-state index is 0.0790. The summed E-state index contributed by atoms with van der Waals surface area (Å²) in [7, 11) is -2.96. The van der Waals surface area contributed by atoms with Crippen LogP contribution in [0.1, 0.15) is 29.4 Å². The van der Waals surface area contributed by atoms with Crippen LogP contribution in [-0.2, 0) is 21.1 Å². The van der Waals surface area contributed by atoms with Gasteiger partial charge in [-0.05, 0) is 38.0 Å². The summed E-state index contributed by atoms with van der Waals surface area (Å²) in [5, 5.41) is 5.34. The lowest BCUT2D eigenvalue weighted by atomic mass is 10.1. The third kappa shape index (κ3) is 4.34. The van der Waals surface area contributed by atoms with Crippen molar-refractivity contribution in [3.05, 3.63) is 46.2 Å². The fraction of sp³-hybridized carbons (Fsp3) is 0.524. The average molecular weight is 451 g/mol. The van der Waals surface area contributed by atoms with Gasteiger partial charge in [0.25, 0.3) is 0 Å². The van der Waals surface area contributed by atoms with E-state index in [0.717, 1.165) is 35.7 Å². The summed E-state index contributed by atoms with van der Waals surface area (Å²) >= 11 is 5.92. The average Bonchev–Trinajstić information content (AvgIpc) is 3.22. The lowest BCUT2D eigenvalue weighted by Gasteiger charge is -2.36. The summed E-state index contributed by atoms with van der Waals surface area (Å²) in [5.41, 5.74) is 3.96. The van der Waals surface area contributed by atoms with Gasteiger partial charge < -0.3 is 9.80 Å². The number of aromatic nitrogens is 2. The van der Waals surface area contributed by atoms with E-state index in [1.54, 1.807) is 12.1 Å². The summed E-state index contributed by atoms with van der Waals surface area (Å²) in [5.74, 6) is 0.526. The molecule has 1 aromatic heterocycles. The van der Waals surface area contributed by atoms with Crippen molar-refractivity contribution < 1.29 is 13.2 Å². The molecule has 2 aromatic rings. The molecule has 2 aliphatic rings. The van der Waals surface area contributed by atoms with Gasteiger partial charge in [0.1, 0.15) is 0 Å². The number of anilines is 1. The number of halogens is 1. The van der Waals surface area contributed by atoms with Gasteiger partial charge in [-0.3, -0.25) is 9.48 Å². The van der Waals surface area contributed by atoms with Gasteiger partial charge in [0.15, 0.2) is 9.84 Å². The Balaban J connectivity index is 1.40. The lowest BCUT2D eigenvalue weighted by Crippen LogP contribution is -2.49. The van der Waals surface area contributed by atoms with Crippen molar-refractivity contribution >= 4 is 33.0 Å². The maximum Gasteiger partial charge on any atom is 0.227 e. The molecule has 0 bridgehead atoms. The van der Waals surface area contributed by atoms with Crippen LogP contribution in [0, 0.1) is 13.8 Å².